The van der Waals surface area contributed by atoms with E-state index in [0.29, 0.717) is 19.6 Å². The van der Waals surface area contributed by atoms with E-state index in [1.165, 1.54) is 0 Å². The molecule has 6 nitrogen and oxygen atoms in total. The average molecular weight is 300 g/mol. The predicted molar refractivity (Wildman–Crippen MR) is 79.9 cm³/mol. The van der Waals surface area contributed by atoms with Crippen molar-refractivity contribution in [1.29, 1.82) is 0 Å². The normalized spacial score (nSPS) is 28.0. The predicted octanol–water partition coefficient (Wildman–Crippen LogP) is 0.800. The lowest BCUT2D eigenvalue weighted by atomic mass is 9.88. The van der Waals surface area contributed by atoms with Gasteiger partial charge in [0.25, 0.3) is 0 Å². The molecular weight excluding hydrogens is 272 g/mol. The van der Waals surface area contributed by atoms with Crippen LogP contribution in [0.5, 0.6) is 0 Å². The zero-order valence-corrected chi connectivity index (χ0v) is 13.9. The van der Waals surface area contributed by atoms with Crippen LogP contribution in [0.25, 0.3) is 0 Å². The number of piperazine rings is 1. The van der Waals surface area contributed by atoms with Crippen molar-refractivity contribution in [2.75, 3.05) is 27.4 Å². The average Bonchev–Trinajstić information content (AvgIpc) is 2.43. The Balaban J connectivity index is 3.05. The molecule has 1 heterocycles. The van der Waals surface area contributed by atoms with Crippen LogP contribution in [0.4, 0.5) is 0 Å². The lowest BCUT2D eigenvalue weighted by Crippen LogP contribution is -2.71. The topological polar surface area (TPSA) is 67.9 Å². The zero-order valence-electron chi connectivity index (χ0n) is 13.9. The second kappa shape index (κ2) is 7.22. The molecule has 3 unspecified atom stereocenters. The maximum Gasteiger partial charge on any atom is 0.248 e. The van der Waals surface area contributed by atoms with Crippen LogP contribution < -0.4 is 5.32 Å². The molecule has 1 aliphatic heterocycles. The van der Waals surface area contributed by atoms with Crippen LogP contribution in [0.2, 0.25) is 0 Å². The van der Waals surface area contributed by atoms with E-state index in [2.05, 4.69) is 5.32 Å². The minimum atomic E-state index is -0.839. The van der Waals surface area contributed by atoms with Gasteiger partial charge in [-0.3, -0.25) is 9.59 Å². The molecule has 122 valence electrons. The van der Waals surface area contributed by atoms with Crippen molar-refractivity contribution in [3.05, 3.63) is 0 Å². The molecule has 1 aliphatic rings. The summed E-state index contributed by atoms with van der Waals surface area (Å²) < 4.78 is 10.5. The van der Waals surface area contributed by atoms with Crippen LogP contribution in [0.3, 0.4) is 0 Å². The monoisotopic (exact) mass is 300 g/mol. The molecule has 0 aromatic rings. The Bertz CT molecular complexity index is 386. The van der Waals surface area contributed by atoms with Gasteiger partial charge in [-0.05, 0) is 19.3 Å². The Labute approximate surface area is 127 Å². The van der Waals surface area contributed by atoms with Crippen LogP contribution in [0.1, 0.15) is 34.1 Å². The van der Waals surface area contributed by atoms with Gasteiger partial charge in [-0.25, -0.2) is 0 Å². The quantitative estimate of drug-likeness (QED) is 0.755. The first kappa shape index (κ1) is 17.9. The van der Waals surface area contributed by atoms with Crippen molar-refractivity contribution < 1.29 is 19.1 Å². The van der Waals surface area contributed by atoms with E-state index in [4.69, 9.17) is 9.47 Å². The molecule has 1 N–H and O–H groups in total. The van der Waals surface area contributed by atoms with Crippen LogP contribution in [0.15, 0.2) is 0 Å². The Morgan fingerprint density at radius 2 is 1.95 bits per heavy atom. The third-order valence-corrected chi connectivity index (χ3v) is 4.16. The smallest absolute Gasteiger partial charge is 0.248 e. The summed E-state index contributed by atoms with van der Waals surface area (Å²) in [6.45, 7) is 8.29. The molecule has 3 atom stereocenters. The zero-order chi connectivity index (χ0) is 16.2. The van der Waals surface area contributed by atoms with E-state index in [9.17, 15) is 9.59 Å². The lowest BCUT2D eigenvalue weighted by molar-refractivity contribution is -0.159. The first-order valence-electron chi connectivity index (χ1n) is 7.45. The summed E-state index contributed by atoms with van der Waals surface area (Å²) >= 11 is 0. The first-order chi connectivity index (χ1) is 9.80. The molecule has 0 saturated carbocycles. The summed E-state index contributed by atoms with van der Waals surface area (Å²) in [4.78, 5) is 26.9. The standard InChI is InChI=1S/C15H28N2O4/c1-7-15(4)14(19)17(8-11(21-6)9-20-5)12(10(2)3)13(18)16-15/h10-12H,7-9H2,1-6H3,(H,16,18). The number of carbonyl (C=O) groups excluding carboxylic acids is 2. The maximum absolute atomic E-state index is 12.8. The van der Waals surface area contributed by atoms with Crippen LogP contribution in [-0.2, 0) is 19.1 Å². The molecule has 0 aliphatic carbocycles. The van der Waals surface area contributed by atoms with E-state index in [-0.39, 0.29) is 23.8 Å². The Morgan fingerprint density at radius 1 is 1.33 bits per heavy atom. The molecule has 1 saturated heterocycles. The largest absolute Gasteiger partial charge is 0.382 e. The highest BCUT2D eigenvalue weighted by molar-refractivity contribution is 5.99. The van der Waals surface area contributed by atoms with Gasteiger partial charge < -0.3 is 19.7 Å². The molecule has 6 heteroatoms. The number of nitrogens with one attached hydrogen (secondary N) is 1. The highest BCUT2D eigenvalue weighted by atomic mass is 16.5. The lowest BCUT2D eigenvalue weighted by Gasteiger charge is -2.46. The van der Waals surface area contributed by atoms with Gasteiger partial charge in [-0.1, -0.05) is 20.8 Å². The van der Waals surface area contributed by atoms with Gasteiger partial charge in [-0.15, -0.1) is 0 Å². The fourth-order valence-electron chi connectivity index (χ4n) is 2.68. The number of rotatable bonds is 7. The van der Waals surface area contributed by atoms with Crippen molar-refractivity contribution >= 4 is 11.8 Å². The number of nitrogens with zero attached hydrogens (tertiary/aromatic N) is 1. The molecule has 0 aromatic carbocycles. The number of ether oxygens (including phenoxy) is 2. The molecule has 1 fully saturated rings. The van der Waals surface area contributed by atoms with E-state index in [0.717, 1.165) is 0 Å². The fourth-order valence-corrected chi connectivity index (χ4v) is 2.68. The van der Waals surface area contributed by atoms with Gasteiger partial charge in [0.2, 0.25) is 11.8 Å². The van der Waals surface area contributed by atoms with Crippen LogP contribution in [-0.4, -0.2) is 61.8 Å². The van der Waals surface area contributed by atoms with E-state index in [1.807, 2.05) is 20.8 Å². The second-order valence-corrected chi connectivity index (χ2v) is 6.13. The van der Waals surface area contributed by atoms with Gasteiger partial charge in [-0.2, -0.15) is 0 Å². The first-order valence-corrected chi connectivity index (χ1v) is 7.45. The second-order valence-electron chi connectivity index (χ2n) is 6.13. The molecule has 0 radical (unpaired) electrons. The summed E-state index contributed by atoms with van der Waals surface area (Å²) in [5.74, 6) is -0.113. The third kappa shape index (κ3) is 3.74. The van der Waals surface area contributed by atoms with Crippen molar-refractivity contribution in [3.63, 3.8) is 0 Å². The number of hydrogen-bond donors (Lipinski definition) is 1. The Kier molecular flexibility index (Phi) is 6.16. The molecule has 1 rings (SSSR count). The molecular formula is C15H28N2O4. The molecule has 0 bridgehead atoms. The van der Waals surface area contributed by atoms with Crippen LogP contribution in [0, 0.1) is 5.92 Å². The summed E-state index contributed by atoms with van der Waals surface area (Å²) in [6, 6.07) is -0.466. The number of carbonyl (C=O) groups is 2. The summed E-state index contributed by atoms with van der Waals surface area (Å²) in [5, 5.41) is 2.87. The van der Waals surface area contributed by atoms with E-state index < -0.39 is 11.6 Å². The van der Waals surface area contributed by atoms with Crippen LogP contribution >= 0.6 is 0 Å². The van der Waals surface area contributed by atoms with Crippen molar-refractivity contribution in [1.82, 2.24) is 10.2 Å². The van der Waals surface area contributed by atoms with Crippen molar-refractivity contribution in [3.8, 4) is 0 Å². The molecule has 2 amide bonds. The van der Waals surface area contributed by atoms with Gasteiger partial charge in [0.1, 0.15) is 11.6 Å². The number of hydrogen-bond acceptors (Lipinski definition) is 4. The highest BCUT2D eigenvalue weighted by Gasteiger charge is 2.48. The minimum absolute atomic E-state index is 0.0374. The highest BCUT2D eigenvalue weighted by Crippen LogP contribution is 2.25. The van der Waals surface area contributed by atoms with Gasteiger partial charge in [0.05, 0.1) is 19.3 Å². The SMILES string of the molecule is CCC1(C)NC(=O)C(C(C)C)N(CC(COC)OC)C1=O. The fraction of sp³-hybridized carbons (Fsp3) is 0.867. The maximum atomic E-state index is 12.8. The summed E-state index contributed by atoms with van der Waals surface area (Å²) in [5.41, 5.74) is -0.839. The minimum Gasteiger partial charge on any atom is -0.382 e. The third-order valence-electron chi connectivity index (χ3n) is 4.16. The molecule has 0 aromatic heterocycles. The molecule has 21 heavy (non-hydrogen) atoms. The van der Waals surface area contributed by atoms with Gasteiger partial charge >= 0.3 is 0 Å². The van der Waals surface area contributed by atoms with Crippen molar-refractivity contribution in [2.24, 2.45) is 5.92 Å². The summed E-state index contributed by atoms with van der Waals surface area (Å²) in [7, 11) is 3.18. The number of amides is 2. The van der Waals surface area contributed by atoms with E-state index in [1.54, 1.807) is 26.0 Å². The van der Waals surface area contributed by atoms with Crippen molar-refractivity contribution in [2.45, 2.75) is 51.8 Å². The number of methoxy groups -OCH3 is 2. The summed E-state index contributed by atoms with van der Waals surface area (Å²) in [6.07, 6.45) is 0.313. The van der Waals surface area contributed by atoms with Gasteiger partial charge in [0.15, 0.2) is 0 Å². The Hall–Kier alpha value is -1.14. The van der Waals surface area contributed by atoms with E-state index >= 15 is 0 Å². The molecule has 0 spiro atoms. The van der Waals surface area contributed by atoms with Gasteiger partial charge in [0, 0.05) is 14.2 Å². The Morgan fingerprint density at radius 3 is 2.38 bits per heavy atom.